The average molecular weight is 596 g/mol. The number of nitrogens with zero attached hydrogens (tertiary/aromatic N) is 1. The number of hydrogen-bond donors (Lipinski definition) is 0. The highest BCUT2D eigenvalue weighted by Gasteiger charge is 2.08. The zero-order chi connectivity index (χ0) is 31.1. The first-order valence-corrected chi connectivity index (χ1v) is 18.2. The van der Waals surface area contributed by atoms with E-state index in [0.29, 0.717) is 0 Å². The van der Waals surface area contributed by atoms with Gasteiger partial charge in [-0.2, -0.15) is 0 Å². The summed E-state index contributed by atoms with van der Waals surface area (Å²) in [6.45, 7) is 6.95. The maximum Gasteiger partial charge on any atom is 0.161 e. The van der Waals surface area contributed by atoms with E-state index in [1.165, 1.54) is 121 Å². The number of rotatable bonds is 30. The lowest BCUT2D eigenvalue weighted by atomic mass is 10.1. The van der Waals surface area contributed by atoms with Gasteiger partial charge in [-0.3, -0.25) is 0 Å². The van der Waals surface area contributed by atoms with Gasteiger partial charge in [0.25, 0.3) is 0 Å². The molecule has 0 N–H and O–H groups in total. The van der Waals surface area contributed by atoms with E-state index in [1.54, 1.807) is 0 Å². The number of ether oxygens (including phenoxy) is 2. The van der Waals surface area contributed by atoms with Crippen LogP contribution in [0.3, 0.4) is 0 Å². The zero-order valence-corrected chi connectivity index (χ0v) is 28.9. The lowest BCUT2D eigenvalue weighted by molar-refractivity contribution is 0.257. The monoisotopic (exact) mass is 596 g/mol. The van der Waals surface area contributed by atoms with Crippen LogP contribution in [0, 0.1) is 0 Å². The van der Waals surface area contributed by atoms with E-state index < -0.39 is 0 Å². The van der Waals surface area contributed by atoms with Crippen molar-refractivity contribution in [1.29, 1.82) is 0 Å². The van der Waals surface area contributed by atoms with Crippen LogP contribution >= 0.6 is 0 Å². The van der Waals surface area contributed by atoms with Crippen LogP contribution < -0.4 is 9.47 Å². The average Bonchev–Trinajstić information content (AvgIpc) is 2.99. The number of unbranched alkanes of at least 4 members (excludes halogenated alkanes) is 16. The summed E-state index contributed by atoms with van der Waals surface area (Å²) in [5.74, 6) is 1.82. The highest BCUT2D eigenvalue weighted by atomic mass is 16.5. The summed E-state index contributed by atoms with van der Waals surface area (Å²) in [6.07, 6.45) is 40.6. The number of allylic oxidation sites excluding steroid dienone is 6. The first-order chi connectivity index (χ1) is 21.2. The van der Waals surface area contributed by atoms with Crippen molar-refractivity contribution in [2.24, 2.45) is 0 Å². The molecule has 246 valence electrons. The van der Waals surface area contributed by atoms with Gasteiger partial charge in [0.15, 0.2) is 11.5 Å². The summed E-state index contributed by atoms with van der Waals surface area (Å²) in [5.41, 5.74) is 1.27. The van der Waals surface area contributed by atoms with Crippen LogP contribution in [0.1, 0.15) is 154 Å². The largest absolute Gasteiger partial charge is 0.490 e. The lowest BCUT2D eigenvalue weighted by Crippen LogP contribution is -2.11. The van der Waals surface area contributed by atoms with Crippen molar-refractivity contribution >= 4 is 0 Å². The summed E-state index contributed by atoms with van der Waals surface area (Å²) < 4.78 is 12.5. The molecule has 0 unspecified atom stereocenters. The van der Waals surface area contributed by atoms with E-state index >= 15 is 0 Å². The zero-order valence-electron chi connectivity index (χ0n) is 28.9. The molecule has 0 saturated carbocycles. The van der Waals surface area contributed by atoms with Gasteiger partial charge in [-0.05, 0) is 96.0 Å². The highest BCUT2D eigenvalue weighted by molar-refractivity contribution is 5.43. The molecule has 0 amide bonds. The molecule has 0 fully saturated rings. The Hall–Kier alpha value is -2.00. The van der Waals surface area contributed by atoms with Crippen molar-refractivity contribution in [1.82, 2.24) is 4.90 Å². The third-order valence-corrected chi connectivity index (χ3v) is 7.75. The van der Waals surface area contributed by atoms with Crippen LogP contribution in [0.4, 0.5) is 0 Å². The lowest BCUT2D eigenvalue weighted by Gasteiger charge is -2.16. The minimum Gasteiger partial charge on any atom is -0.490 e. The predicted molar refractivity (Wildman–Crippen MR) is 191 cm³/mol. The normalized spacial score (nSPS) is 12.0. The minimum atomic E-state index is 0.768. The fourth-order valence-corrected chi connectivity index (χ4v) is 5.18. The Morgan fingerprint density at radius 2 is 1.00 bits per heavy atom. The summed E-state index contributed by atoms with van der Waals surface area (Å²) in [4.78, 5) is 2.20. The maximum atomic E-state index is 6.27. The quantitative estimate of drug-likeness (QED) is 0.0652. The second-order valence-corrected chi connectivity index (χ2v) is 12.5. The van der Waals surface area contributed by atoms with Crippen molar-refractivity contribution < 1.29 is 9.47 Å². The molecule has 0 heterocycles. The molecule has 43 heavy (non-hydrogen) atoms. The summed E-state index contributed by atoms with van der Waals surface area (Å²) in [5, 5.41) is 0. The Balaban J connectivity index is 2.19. The first kappa shape index (κ1) is 39.0. The molecule has 0 spiro atoms. The number of benzene rings is 1. The van der Waals surface area contributed by atoms with Gasteiger partial charge in [0, 0.05) is 6.54 Å². The molecular weight excluding hydrogens is 526 g/mol. The number of hydrogen-bond acceptors (Lipinski definition) is 3. The first-order valence-electron chi connectivity index (χ1n) is 18.2. The maximum absolute atomic E-state index is 6.27. The van der Waals surface area contributed by atoms with E-state index in [9.17, 15) is 0 Å². The van der Waals surface area contributed by atoms with Gasteiger partial charge >= 0.3 is 0 Å². The fraction of sp³-hybridized carbons (Fsp3) is 0.700. The van der Waals surface area contributed by atoms with Gasteiger partial charge in [0.05, 0.1) is 13.2 Å². The second-order valence-electron chi connectivity index (χ2n) is 12.5. The van der Waals surface area contributed by atoms with Crippen molar-refractivity contribution in [2.45, 2.75) is 155 Å². The molecule has 3 nitrogen and oxygen atoms in total. The summed E-state index contributed by atoms with van der Waals surface area (Å²) >= 11 is 0. The summed E-state index contributed by atoms with van der Waals surface area (Å²) in [7, 11) is 4.22. The van der Waals surface area contributed by atoms with Crippen LogP contribution in [-0.4, -0.2) is 32.2 Å². The van der Waals surface area contributed by atoms with Gasteiger partial charge < -0.3 is 14.4 Å². The predicted octanol–water partition coefficient (Wildman–Crippen LogP) is 12.4. The Morgan fingerprint density at radius 1 is 0.512 bits per heavy atom. The molecule has 1 rings (SSSR count). The molecule has 3 heteroatoms. The van der Waals surface area contributed by atoms with Gasteiger partial charge in [0.2, 0.25) is 0 Å². The van der Waals surface area contributed by atoms with Crippen molar-refractivity contribution in [3.05, 3.63) is 60.2 Å². The molecule has 0 radical (unpaired) electrons. The molecule has 0 saturated heterocycles. The van der Waals surface area contributed by atoms with Gasteiger partial charge in [0.1, 0.15) is 0 Å². The Labute approximate surface area is 268 Å². The van der Waals surface area contributed by atoms with Crippen LogP contribution in [0.15, 0.2) is 54.7 Å². The SMILES string of the molecule is CCC/C=C\CCCCCCCCOc1ccc(CN(C)C)cc1OCCCCCCCC/C=C\C/C=C\CCCCC. The Bertz CT molecular complexity index is 826. The third kappa shape index (κ3) is 25.1. The van der Waals surface area contributed by atoms with Crippen molar-refractivity contribution in [3.63, 3.8) is 0 Å². The highest BCUT2D eigenvalue weighted by Crippen LogP contribution is 2.29. The van der Waals surface area contributed by atoms with E-state index in [1.807, 2.05) is 0 Å². The van der Waals surface area contributed by atoms with Crippen LogP contribution in [-0.2, 0) is 6.54 Å². The minimum absolute atomic E-state index is 0.768. The van der Waals surface area contributed by atoms with Crippen molar-refractivity contribution in [3.8, 4) is 11.5 Å². The molecule has 0 atom stereocenters. The molecule has 0 bridgehead atoms. The Kier molecular flexibility index (Phi) is 27.3. The summed E-state index contributed by atoms with van der Waals surface area (Å²) in [6, 6.07) is 6.47. The van der Waals surface area contributed by atoms with Gasteiger partial charge in [-0.25, -0.2) is 0 Å². The van der Waals surface area contributed by atoms with Crippen LogP contribution in [0.25, 0.3) is 0 Å². The van der Waals surface area contributed by atoms with E-state index in [-0.39, 0.29) is 0 Å². The Morgan fingerprint density at radius 3 is 1.56 bits per heavy atom. The molecule has 0 aliphatic heterocycles. The molecule has 0 aromatic heterocycles. The topological polar surface area (TPSA) is 21.7 Å². The molecule has 1 aromatic carbocycles. The van der Waals surface area contributed by atoms with E-state index in [2.05, 4.69) is 87.5 Å². The molecular formula is C40H69NO2. The van der Waals surface area contributed by atoms with Crippen LogP contribution in [0.2, 0.25) is 0 Å². The van der Waals surface area contributed by atoms with Crippen molar-refractivity contribution in [2.75, 3.05) is 27.3 Å². The van der Waals surface area contributed by atoms with E-state index in [0.717, 1.165) is 50.5 Å². The van der Waals surface area contributed by atoms with Crippen LogP contribution in [0.5, 0.6) is 11.5 Å². The fourth-order valence-electron chi connectivity index (χ4n) is 5.18. The molecule has 1 aromatic rings. The van der Waals surface area contributed by atoms with Gasteiger partial charge in [-0.1, -0.05) is 127 Å². The molecule has 0 aliphatic carbocycles. The molecule has 0 aliphatic rings. The smallest absolute Gasteiger partial charge is 0.161 e. The van der Waals surface area contributed by atoms with Gasteiger partial charge in [-0.15, -0.1) is 0 Å². The van der Waals surface area contributed by atoms with E-state index in [4.69, 9.17) is 9.47 Å². The second kappa shape index (κ2) is 30.0. The third-order valence-electron chi connectivity index (χ3n) is 7.75. The standard InChI is InChI=1S/C40H69NO2/c1-5-7-9-11-13-15-17-18-19-20-21-23-25-27-29-31-35-43-40-36-38(37-41(3)4)32-33-39(40)42-34-30-28-26-24-22-16-14-12-10-8-6-2/h10,12-13,15,18-19,32-33,36H,5-9,11,14,16-17,20-31,34-35,37H2,1-4H3/b12-10-,15-13-,19-18-.